The molecule has 170 valence electrons. The standard InChI is InChI=1S/C22H29N7O3/c1-23-22(29-9-10-32-19(14-29)18-12-26-27(2)13-18)25-11-16-3-5-17(6-4-16)21(31)28-8-7-24-20(30)15-28/h3-6,12-13,19H,7-11,14-15H2,1-2H3,(H,23,25)(H,24,30). The zero-order valence-electron chi connectivity index (χ0n) is 18.5. The minimum atomic E-state index is -0.120. The molecule has 10 nitrogen and oxygen atoms in total. The molecule has 0 bridgehead atoms. The number of piperazine rings is 1. The lowest BCUT2D eigenvalue weighted by Crippen LogP contribution is -2.49. The van der Waals surface area contributed by atoms with Crippen molar-refractivity contribution in [3.63, 3.8) is 0 Å². The Morgan fingerprint density at radius 1 is 1.28 bits per heavy atom. The Bertz CT molecular complexity index is 986. The van der Waals surface area contributed by atoms with E-state index in [0.717, 1.165) is 23.6 Å². The number of guanidine groups is 1. The average molecular weight is 440 g/mol. The molecule has 1 aromatic carbocycles. The Hall–Kier alpha value is -3.40. The number of nitrogens with zero attached hydrogens (tertiary/aromatic N) is 5. The molecule has 2 aliphatic heterocycles. The molecule has 2 aromatic rings. The highest BCUT2D eigenvalue weighted by molar-refractivity contribution is 5.97. The molecule has 32 heavy (non-hydrogen) atoms. The van der Waals surface area contributed by atoms with E-state index in [0.29, 0.717) is 38.3 Å². The average Bonchev–Trinajstić information content (AvgIpc) is 3.26. The number of ether oxygens (including phenoxy) is 1. The van der Waals surface area contributed by atoms with Crippen molar-refractivity contribution in [2.45, 2.75) is 12.6 Å². The fourth-order valence-electron chi connectivity index (χ4n) is 3.92. The van der Waals surface area contributed by atoms with Crippen LogP contribution < -0.4 is 10.6 Å². The van der Waals surface area contributed by atoms with Crippen LogP contribution in [0.1, 0.15) is 27.6 Å². The number of carbonyl (C=O) groups is 2. The van der Waals surface area contributed by atoms with Gasteiger partial charge in [-0.25, -0.2) is 0 Å². The van der Waals surface area contributed by atoms with E-state index in [9.17, 15) is 9.59 Å². The molecule has 3 heterocycles. The maximum Gasteiger partial charge on any atom is 0.254 e. The number of rotatable bonds is 4. The summed E-state index contributed by atoms with van der Waals surface area (Å²) in [5, 5.41) is 10.4. The molecule has 2 amide bonds. The third kappa shape index (κ3) is 5.08. The van der Waals surface area contributed by atoms with Crippen LogP contribution >= 0.6 is 0 Å². The summed E-state index contributed by atoms with van der Waals surface area (Å²) in [5.41, 5.74) is 2.68. The van der Waals surface area contributed by atoms with Gasteiger partial charge in [-0.15, -0.1) is 0 Å². The second-order valence-electron chi connectivity index (χ2n) is 7.93. The van der Waals surface area contributed by atoms with E-state index < -0.39 is 0 Å². The van der Waals surface area contributed by atoms with Crippen molar-refractivity contribution >= 4 is 17.8 Å². The monoisotopic (exact) mass is 439 g/mol. The van der Waals surface area contributed by atoms with Gasteiger partial charge in [0, 0.05) is 57.6 Å². The fraction of sp³-hybridized carbons (Fsp3) is 0.455. The van der Waals surface area contributed by atoms with Crippen LogP contribution in [0.15, 0.2) is 41.7 Å². The number of amides is 2. The van der Waals surface area contributed by atoms with E-state index in [1.54, 1.807) is 16.6 Å². The van der Waals surface area contributed by atoms with Gasteiger partial charge in [0.25, 0.3) is 5.91 Å². The van der Waals surface area contributed by atoms with Crippen LogP contribution in [0.2, 0.25) is 0 Å². The Kier molecular flexibility index (Phi) is 6.69. The fourth-order valence-corrected chi connectivity index (χ4v) is 3.92. The van der Waals surface area contributed by atoms with E-state index in [-0.39, 0.29) is 24.5 Å². The molecule has 0 saturated carbocycles. The summed E-state index contributed by atoms with van der Waals surface area (Å²) in [6.07, 6.45) is 3.77. The molecule has 1 atom stereocenters. The highest BCUT2D eigenvalue weighted by Gasteiger charge is 2.25. The molecule has 4 rings (SSSR count). The largest absolute Gasteiger partial charge is 0.370 e. The molecule has 1 aromatic heterocycles. The van der Waals surface area contributed by atoms with Crippen molar-refractivity contribution in [3.8, 4) is 0 Å². The molecule has 0 radical (unpaired) electrons. The van der Waals surface area contributed by atoms with Crippen LogP contribution in [0, 0.1) is 0 Å². The van der Waals surface area contributed by atoms with E-state index in [4.69, 9.17) is 4.74 Å². The van der Waals surface area contributed by atoms with E-state index in [1.807, 2.05) is 43.7 Å². The van der Waals surface area contributed by atoms with E-state index >= 15 is 0 Å². The number of nitrogens with one attached hydrogen (secondary N) is 2. The summed E-state index contributed by atoms with van der Waals surface area (Å²) in [7, 11) is 3.67. The summed E-state index contributed by atoms with van der Waals surface area (Å²) in [4.78, 5) is 32.3. The molecule has 2 N–H and O–H groups in total. The highest BCUT2D eigenvalue weighted by atomic mass is 16.5. The number of aromatic nitrogens is 2. The van der Waals surface area contributed by atoms with Crippen LogP contribution in [-0.4, -0.2) is 83.7 Å². The second-order valence-corrected chi connectivity index (χ2v) is 7.93. The van der Waals surface area contributed by atoms with Crippen LogP contribution in [0.3, 0.4) is 0 Å². The number of morpholine rings is 1. The third-order valence-corrected chi connectivity index (χ3v) is 5.65. The van der Waals surface area contributed by atoms with Crippen molar-refractivity contribution in [2.75, 3.05) is 46.4 Å². The first-order chi connectivity index (χ1) is 15.5. The molecule has 0 aliphatic carbocycles. The number of carbonyl (C=O) groups excluding carboxylic acids is 2. The lowest BCUT2D eigenvalue weighted by atomic mass is 10.1. The number of aryl methyl sites for hydroxylation is 1. The van der Waals surface area contributed by atoms with Crippen molar-refractivity contribution in [2.24, 2.45) is 12.0 Å². The van der Waals surface area contributed by atoms with Crippen molar-refractivity contribution < 1.29 is 14.3 Å². The first-order valence-electron chi connectivity index (χ1n) is 10.7. The lowest BCUT2D eigenvalue weighted by Gasteiger charge is -2.34. The first-order valence-corrected chi connectivity index (χ1v) is 10.7. The van der Waals surface area contributed by atoms with Crippen LogP contribution in [0.25, 0.3) is 0 Å². The lowest BCUT2D eigenvalue weighted by molar-refractivity contribution is -0.123. The van der Waals surface area contributed by atoms with Gasteiger partial charge in [0.1, 0.15) is 6.10 Å². The van der Waals surface area contributed by atoms with Gasteiger partial charge in [0.2, 0.25) is 5.91 Å². The van der Waals surface area contributed by atoms with Crippen LogP contribution in [0.5, 0.6) is 0 Å². The maximum absolute atomic E-state index is 12.6. The quantitative estimate of drug-likeness (QED) is 0.519. The molecular weight excluding hydrogens is 410 g/mol. The SMILES string of the molecule is CN=C(NCc1ccc(C(=O)N2CCNC(=O)C2)cc1)N1CCOC(c2cnn(C)c2)C1. The van der Waals surface area contributed by atoms with E-state index in [1.165, 1.54) is 0 Å². The Balaban J connectivity index is 1.33. The first kappa shape index (κ1) is 21.8. The van der Waals surface area contributed by atoms with Gasteiger partial charge in [0.15, 0.2) is 5.96 Å². The van der Waals surface area contributed by atoms with Crippen molar-refractivity contribution in [1.29, 1.82) is 0 Å². The van der Waals surface area contributed by atoms with Gasteiger partial charge >= 0.3 is 0 Å². The zero-order valence-corrected chi connectivity index (χ0v) is 18.5. The Morgan fingerprint density at radius 2 is 2.09 bits per heavy atom. The number of aliphatic imine (C=N–C) groups is 1. The van der Waals surface area contributed by atoms with Gasteiger partial charge in [-0.3, -0.25) is 19.3 Å². The van der Waals surface area contributed by atoms with E-state index in [2.05, 4.69) is 25.6 Å². The summed E-state index contributed by atoms with van der Waals surface area (Å²) in [6, 6.07) is 7.47. The number of benzene rings is 1. The topological polar surface area (TPSA) is 104 Å². The van der Waals surface area contributed by atoms with Crippen molar-refractivity contribution in [1.82, 2.24) is 30.2 Å². The number of hydrogen-bond acceptors (Lipinski definition) is 5. The summed E-state index contributed by atoms with van der Waals surface area (Å²) < 4.78 is 7.70. The summed E-state index contributed by atoms with van der Waals surface area (Å²) >= 11 is 0. The minimum Gasteiger partial charge on any atom is -0.370 e. The minimum absolute atomic E-state index is 0.0434. The molecule has 10 heteroatoms. The highest BCUT2D eigenvalue weighted by Crippen LogP contribution is 2.21. The molecule has 1 unspecified atom stereocenters. The summed E-state index contributed by atoms with van der Waals surface area (Å²) in [6.45, 7) is 3.79. The Morgan fingerprint density at radius 3 is 2.78 bits per heavy atom. The van der Waals surface area contributed by atoms with Gasteiger partial charge < -0.3 is 25.2 Å². The maximum atomic E-state index is 12.6. The Labute approximate surface area is 187 Å². The van der Waals surface area contributed by atoms with Gasteiger partial charge in [-0.1, -0.05) is 12.1 Å². The van der Waals surface area contributed by atoms with Crippen molar-refractivity contribution in [3.05, 3.63) is 53.3 Å². The van der Waals surface area contributed by atoms with Crippen LogP contribution in [-0.2, 0) is 23.1 Å². The van der Waals surface area contributed by atoms with Gasteiger partial charge in [0.05, 0.1) is 25.9 Å². The summed E-state index contributed by atoms with van der Waals surface area (Å²) in [5.74, 6) is 0.567. The smallest absolute Gasteiger partial charge is 0.254 e. The predicted octanol–water partition coefficient (Wildman–Crippen LogP) is 0.141. The second kappa shape index (κ2) is 9.82. The van der Waals surface area contributed by atoms with Gasteiger partial charge in [-0.05, 0) is 17.7 Å². The molecule has 2 aliphatic rings. The molecule has 2 fully saturated rings. The predicted molar refractivity (Wildman–Crippen MR) is 119 cm³/mol. The zero-order chi connectivity index (χ0) is 22.5. The van der Waals surface area contributed by atoms with Gasteiger partial charge in [-0.2, -0.15) is 5.10 Å². The number of hydrogen-bond donors (Lipinski definition) is 2. The normalized spacial score (nSPS) is 19.6. The molecule has 2 saturated heterocycles. The van der Waals surface area contributed by atoms with Crippen LogP contribution in [0.4, 0.5) is 0 Å². The molecular formula is C22H29N7O3. The third-order valence-electron chi connectivity index (χ3n) is 5.65. The molecule has 0 spiro atoms.